The lowest BCUT2D eigenvalue weighted by atomic mass is 10.0. The molecule has 0 radical (unpaired) electrons. The summed E-state index contributed by atoms with van der Waals surface area (Å²) in [7, 11) is -3.51. The first-order valence-electron chi connectivity index (χ1n) is 7.82. The largest absolute Gasteiger partial charge is 0.472 e. The molecule has 0 atom stereocenters. The summed E-state index contributed by atoms with van der Waals surface area (Å²) in [5.74, 6) is -0.112. The fourth-order valence-electron chi connectivity index (χ4n) is 2.76. The Balaban J connectivity index is 1.67. The quantitative estimate of drug-likeness (QED) is 0.605. The van der Waals surface area contributed by atoms with Crippen LogP contribution < -0.4 is 5.32 Å². The number of rotatable bonds is 5. The van der Waals surface area contributed by atoms with E-state index in [1.54, 1.807) is 11.0 Å². The van der Waals surface area contributed by atoms with E-state index in [-0.39, 0.29) is 26.8 Å². The third-order valence-corrected chi connectivity index (χ3v) is 6.99. The Kier molecular flexibility index (Phi) is 5.01. The third kappa shape index (κ3) is 3.88. The van der Waals surface area contributed by atoms with E-state index in [1.165, 1.54) is 12.5 Å². The van der Waals surface area contributed by atoms with Gasteiger partial charge in [0, 0.05) is 31.5 Å². The highest BCUT2D eigenvalue weighted by molar-refractivity contribution is 7.92. The second kappa shape index (κ2) is 7.08. The molecule has 1 N–H and O–H groups in total. The Bertz CT molecular complexity index is 911. The molecule has 1 aliphatic rings. The second-order valence-corrected chi connectivity index (χ2v) is 9.33. The minimum absolute atomic E-state index is 0.0423. The molecule has 26 heavy (non-hydrogen) atoms. The normalized spacial score (nSPS) is 15.8. The second-order valence-electron chi connectivity index (χ2n) is 6.03. The van der Waals surface area contributed by atoms with Crippen LogP contribution in [0, 0.1) is 10.1 Å². The summed E-state index contributed by atoms with van der Waals surface area (Å²) >= 11 is 0.860. The minimum Gasteiger partial charge on any atom is -0.472 e. The summed E-state index contributed by atoms with van der Waals surface area (Å²) in [4.78, 5) is 24.6. The molecule has 2 aromatic heterocycles. The maximum absolute atomic E-state index is 12.3. The third-order valence-electron chi connectivity index (χ3n) is 4.14. The van der Waals surface area contributed by atoms with E-state index < -0.39 is 14.8 Å². The average molecular weight is 399 g/mol. The number of thiophene rings is 1. The SMILES string of the molecule is CS(=O)(=O)c1cc([N+](=O)[O-])c(NC2CCN(C(=O)c3ccoc3)CC2)s1. The summed E-state index contributed by atoms with van der Waals surface area (Å²) in [6.07, 6.45) is 5.07. The number of carbonyl (C=O) groups excluding carboxylic acids is 1. The monoisotopic (exact) mass is 399 g/mol. The van der Waals surface area contributed by atoms with Gasteiger partial charge >= 0.3 is 5.69 Å². The van der Waals surface area contributed by atoms with Crippen LogP contribution in [-0.4, -0.2) is 49.5 Å². The van der Waals surface area contributed by atoms with E-state index in [4.69, 9.17) is 4.42 Å². The molecule has 2 aromatic rings. The molecule has 0 aliphatic carbocycles. The van der Waals surface area contributed by atoms with Crippen molar-refractivity contribution in [3.05, 3.63) is 40.3 Å². The van der Waals surface area contributed by atoms with Crippen LogP contribution in [0.4, 0.5) is 10.7 Å². The number of carbonyl (C=O) groups is 1. The molecule has 1 saturated heterocycles. The lowest BCUT2D eigenvalue weighted by Crippen LogP contribution is -2.42. The Labute approximate surface area is 153 Å². The first kappa shape index (κ1) is 18.4. The number of furan rings is 1. The maximum Gasteiger partial charge on any atom is 0.304 e. The van der Waals surface area contributed by atoms with E-state index >= 15 is 0 Å². The van der Waals surface area contributed by atoms with Gasteiger partial charge in [-0.25, -0.2) is 8.42 Å². The van der Waals surface area contributed by atoms with Crippen LogP contribution in [0.25, 0.3) is 0 Å². The molecule has 3 heterocycles. The fourth-order valence-corrected chi connectivity index (χ4v) is 4.78. The van der Waals surface area contributed by atoms with Gasteiger partial charge in [-0.2, -0.15) is 0 Å². The molecule has 1 amide bonds. The lowest BCUT2D eigenvalue weighted by molar-refractivity contribution is -0.383. The van der Waals surface area contributed by atoms with Gasteiger partial charge in [-0.05, 0) is 18.9 Å². The summed E-state index contributed by atoms with van der Waals surface area (Å²) < 4.78 is 28.2. The van der Waals surface area contributed by atoms with Crippen LogP contribution in [0.15, 0.2) is 33.3 Å². The molecule has 0 spiro atoms. The molecule has 1 aliphatic heterocycles. The van der Waals surface area contributed by atoms with E-state index in [0.29, 0.717) is 31.5 Å². The summed E-state index contributed by atoms with van der Waals surface area (Å²) in [5, 5.41) is 14.5. The molecule has 0 aromatic carbocycles. The van der Waals surface area contributed by atoms with Crippen molar-refractivity contribution in [2.24, 2.45) is 0 Å². The summed E-state index contributed by atoms with van der Waals surface area (Å²) in [6.45, 7) is 1.000. The van der Waals surface area contributed by atoms with Gasteiger partial charge in [0.05, 0.1) is 16.7 Å². The van der Waals surface area contributed by atoms with Gasteiger partial charge in [0.25, 0.3) is 5.91 Å². The topological polar surface area (TPSA) is 123 Å². The zero-order chi connectivity index (χ0) is 18.9. The molecule has 0 saturated carbocycles. The summed E-state index contributed by atoms with van der Waals surface area (Å²) in [5.41, 5.74) is 0.246. The standard InChI is InChI=1S/C15H17N3O6S2/c1-26(22,23)13-8-12(18(20)21)14(25-13)16-11-2-5-17(6-3-11)15(19)10-4-7-24-9-10/h4,7-9,11,16H,2-3,5-6H2,1H3. The Morgan fingerprint density at radius 3 is 2.65 bits per heavy atom. The number of nitrogens with one attached hydrogen (secondary N) is 1. The van der Waals surface area contributed by atoms with Gasteiger partial charge < -0.3 is 14.6 Å². The molecule has 0 bridgehead atoms. The minimum atomic E-state index is -3.51. The van der Waals surface area contributed by atoms with Crippen LogP contribution in [0.1, 0.15) is 23.2 Å². The first-order valence-corrected chi connectivity index (χ1v) is 10.5. The molecule has 0 unspecified atom stereocenters. The number of hydrogen-bond acceptors (Lipinski definition) is 8. The highest BCUT2D eigenvalue weighted by Gasteiger charge is 2.28. The molecule has 9 nitrogen and oxygen atoms in total. The van der Waals surface area contributed by atoms with Gasteiger partial charge in [0.2, 0.25) is 0 Å². The van der Waals surface area contributed by atoms with Crippen LogP contribution >= 0.6 is 11.3 Å². The van der Waals surface area contributed by atoms with Crippen LogP contribution in [0.5, 0.6) is 0 Å². The predicted molar refractivity (Wildman–Crippen MR) is 95.3 cm³/mol. The van der Waals surface area contributed by atoms with Crippen molar-refractivity contribution in [2.75, 3.05) is 24.7 Å². The molecular weight excluding hydrogens is 382 g/mol. The maximum atomic E-state index is 12.3. The molecule has 11 heteroatoms. The lowest BCUT2D eigenvalue weighted by Gasteiger charge is -2.32. The zero-order valence-electron chi connectivity index (χ0n) is 13.9. The van der Waals surface area contributed by atoms with Gasteiger partial charge in [-0.15, -0.1) is 0 Å². The van der Waals surface area contributed by atoms with Gasteiger partial charge in [0.15, 0.2) is 14.8 Å². The number of amides is 1. The first-order chi connectivity index (χ1) is 12.3. The van der Waals surface area contributed by atoms with Crippen LogP contribution in [0.3, 0.4) is 0 Å². The van der Waals surface area contributed by atoms with Crippen molar-refractivity contribution in [2.45, 2.75) is 23.1 Å². The van der Waals surface area contributed by atoms with Crippen molar-refractivity contribution >= 4 is 37.8 Å². The molecular formula is C15H17N3O6S2. The number of anilines is 1. The van der Waals surface area contributed by atoms with Gasteiger partial charge in [-0.1, -0.05) is 11.3 Å². The fraction of sp³-hybridized carbons (Fsp3) is 0.400. The van der Waals surface area contributed by atoms with E-state index in [1.807, 2.05) is 0 Å². The number of nitro groups is 1. The molecule has 1 fully saturated rings. The number of sulfone groups is 1. The van der Waals surface area contributed by atoms with E-state index in [9.17, 15) is 23.3 Å². The van der Waals surface area contributed by atoms with Gasteiger partial charge in [0.1, 0.15) is 10.5 Å². The van der Waals surface area contributed by atoms with Crippen molar-refractivity contribution in [1.82, 2.24) is 4.90 Å². The van der Waals surface area contributed by atoms with Crippen molar-refractivity contribution in [3.8, 4) is 0 Å². The Morgan fingerprint density at radius 1 is 1.42 bits per heavy atom. The highest BCUT2D eigenvalue weighted by atomic mass is 32.2. The van der Waals surface area contributed by atoms with Crippen molar-refractivity contribution in [1.29, 1.82) is 0 Å². The van der Waals surface area contributed by atoms with Crippen LogP contribution in [0.2, 0.25) is 0 Å². The Morgan fingerprint density at radius 2 is 2.12 bits per heavy atom. The van der Waals surface area contributed by atoms with E-state index in [0.717, 1.165) is 23.7 Å². The van der Waals surface area contributed by atoms with Crippen molar-refractivity contribution < 1.29 is 22.6 Å². The number of likely N-dealkylation sites (tertiary alicyclic amines) is 1. The molecule has 3 rings (SSSR count). The highest BCUT2D eigenvalue weighted by Crippen LogP contribution is 2.38. The number of piperidine rings is 1. The number of hydrogen-bond donors (Lipinski definition) is 1. The predicted octanol–water partition coefficient (Wildman–Crippen LogP) is 2.37. The summed E-state index contributed by atoms with van der Waals surface area (Å²) in [6, 6.07) is 2.61. The van der Waals surface area contributed by atoms with Crippen LogP contribution in [-0.2, 0) is 9.84 Å². The zero-order valence-corrected chi connectivity index (χ0v) is 15.5. The van der Waals surface area contributed by atoms with E-state index in [2.05, 4.69) is 5.32 Å². The average Bonchev–Trinajstić information content (AvgIpc) is 3.24. The number of nitrogens with zero attached hydrogens (tertiary/aromatic N) is 2. The smallest absolute Gasteiger partial charge is 0.304 e. The Hall–Kier alpha value is -2.40. The van der Waals surface area contributed by atoms with Crippen molar-refractivity contribution in [3.63, 3.8) is 0 Å². The van der Waals surface area contributed by atoms with Gasteiger partial charge in [-0.3, -0.25) is 14.9 Å². The molecule has 140 valence electrons.